The van der Waals surface area contributed by atoms with Gasteiger partial charge in [-0.2, -0.15) is 0 Å². The van der Waals surface area contributed by atoms with E-state index in [1.54, 1.807) is 18.2 Å². The van der Waals surface area contributed by atoms with E-state index in [2.05, 4.69) is 22.6 Å². The average Bonchev–Trinajstić information content (AvgIpc) is 2.43. The first-order chi connectivity index (χ1) is 9.99. The molecule has 0 saturated heterocycles. The van der Waals surface area contributed by atoms with Crippen LogP contribution in [0.1, 0.15) is 18.9 Å². The van der Waals surface area contributed by atoms with Crippen LogP contribution in [0.2, 0.25) is 0 Å². The second kappa shape index (κ2) is 7.17. The van der Waals surface area contributed by atoms with Crippen LogP contribution in [-0.4, -0.2) is 6.04 Å². The molecule has 0 spiro atoms. The quantitative estimate of drug-likeness (QED) is 0.739. The third-order valence-corrected chi connectivity index (χ3v) is 3.77. The van der Waals surface area contributed by atoms with Crippen LogP contribution in [0.3, 0.4) is 0 Å². The van der Waals surface area contributed by atoms with Gasteiger partial charge in [0.05, 0.1) is 0 Å². The minimum Gasteiger partial charge on any atom is -0.451 e. The molecular weight excluding hydrogens is 387 g/mol. The van der Waals surface area contributed by atoms with Crippen molar-refractivity contribution in [2.24, 2.45) is 5.73 Å². The van der Waals surface area contributed by atoms with Crippen LogP contribution in [0.5, 0.6) is 11.5 Å². The molecule has 0 aliphatic heterocycles. The summed E-state index contributed by atoms with van der Waals surface area (Å²) in [6.45, 7) is 1.94. The van der Waals surface area contributed by atoms with Crippen LogP contribution < -0.4 is 10.5 Å². The highest BCUT2D eigenvalue weighted by Gasteiger charge is 2.15. The lowest BCUT2D eigenvalue weighted by Gasteiger charge is -2.12. The molecule has 5 heteroatoms. The van der Waals surface area contributed by atoms with Gasteiger partial charge in [-0.25, -0.2) is 8.78 Å². The van der Waals surface area contributed by atoms with Gasteiger partial charge < -0.3 is 10.5 Å². The van der Waals surface area contributed by atoms with E-state index in [0.717, 1.165) is 9.99 Å². The number of rotatable bonds is 5. The fourth-order valence-corrected chi connectivity index (χ4v) is 2.44. The third kappa shape index (κ3) is 4.38. The van der Waals surface area contributed by atoms with E-state index in [4.69, 9.17) is 10.5 Å². The Labute approximate surface area is 136 Å². The molecule has 2 rings (SSSR count). The fourth-order valence-electron chi connectivity index (χ4n) is 1.92. The zero-order valence-electron chi connectivity index (χ0n) is 11.6. The molecule has 0 aliphatic rings. The number of hydrogen-bond acceptors (Lipinski definition) is 2. The molecule has 0 fully saturated rings. The smallest absolute Gasteiger partial charge is 0.198 e. The van der Waals surface area contributed by atoms with E-state index in [0.29, 0.717) is 17.7 Å². The summed E-state index contributed by atoms with van der Waals surface area (Å²) in [7, 11) is 0. The molecular formula is C16H16F2INO. The maximum absolute atomic E-state index is 14.0. The topological polar surface area (TPSA) is 35.2 Å². The zero-order valence-corrected chi connectivity index (χ0v) is 13.7. The van der Waals surface area contributed by atoms with Crippen molar-refractivity contribution >= 4 is 22.6 Å². The van der Waals surface area contributed by atoms with Gasteiger partial charge in [0.1, 0.15) is 5.75 Å². The van der Waals surface area contributed by atoms with Crippen molar-refractivity contribution in [2.75, 3.05) is 0 Å². The Morgan fingerprint density at radius 3 is 2.43 bits per heavy atom. The number of nitrogens with two attached hydrogens (primary N) is 1. The Morgan fingerprint density at radius 1 is 1.19 bits per heavy atom. The first-order valence-corrected chi connectivity index (χ1v) is 7.74. The molecule has 0 aromatic heterocycles. The molecule has 2 nitrogen and oxygen atoms in total. The van der Waals surface area contributed by atoms with E-state index in [1.807, 2.05) is 13.0 Å². The average molecular weight is 403 g/mol. The number of halogens is 3. The van der Waals surface area contributed by atoms with Crippen LogP contribution in [0.4, 0.5) is 8.78 Å². The van der Waals surface area contributed by atoms with Crippen LogP contribution in [0.25, 0.3) is 0 Å². The zero-order chi connectivity index (χ0) is 15.4. The highest BCUT2D eigenvalue weighted by Crippen LogP contribution is 2.29. The Kier molecular flexibility index (Phi) is 5.52. The van der Waals surface area contributed by atoms with Crippen molar-refractivity contribution in [3.8, 4) is 11.5 Å². The molecule has 2 aromatic carbocycles. The van der Waals surface area contributed by atoms with Gasteiger partial charge in [-0.3, -0.25) is 0 Å². The SMILES string of the molecule is CCC(N)Cc1cc(F)c(Oc2cccc(I)c2)c(F)c1. The van der Waals surface area contributed by atoms with Gasteiger partial charge >= 0.3 is 0 Å². The Morgan fingerprint density at radius 2 is 1.86 bits per heavy atom. The van der Waals surface area contributed by atoms with Gasteiger partial charge in [-0.1, -0.05) is 13.0 Å². The molecule has 0 radical (unpaired) electrons. The molecule has 21 heavy (non-hydrogen) atoms. The number of hydrogen-bond donors (Lipinski definition) is 1. The lowest BCUT2D eigenvalue weighted by Crippen LogP contribution is -2.21. The van der Waals surface area contributed by atoms with Crippen molar-refractivity contribution < 1.29 is 13.5 Å². The van der Waals surface area contributed by atoms with Gasteiger partial charge in [-0.15, -0.1) is 0 Å². The van der Waals surface area contributed by atoms with Crippen LogP contribution in [-0.2, 0) is 6.42 Å². The van der Waals surface area contributed by atoms with Crippen LogP contribution in [0, 0.1) is 15.2 Å². The van der Waals surface area contributed by atoms with Crippen molar-refractivity contribution in [1.82, 2.24) is 0 Å². The highest BCUT2D eigenvalue weighted by atomic mass is 127. The molecule has 0 heterocycles. The van der Waals surface area contributed by atoms with E-state index >= 15 is 0 Å². The molecule has 0 amide bonds. The lowest BCUT2D eigenvalue weighted by atomic mass is 10.0. The highest BCUT2D eigenvalue weighted by molar-refractivity contribution is 14.1. The normalized spacial score (nSPS) is 12.2. The summed E-state index contributed by atoms with van der Waals surface area (Å²) in [6.07, 6.45) is 1.19. The summed E-state index contributed by atoms with van der Waals surface area (Å²) in [5, 5.41) is 0. The largest absolute Gasteiger partial charge is 0.451 e. The Bertz CT molecular complexity index is 610. The molecule has 1 unspecified atom stereocenters. The molecule has 1 atom stereocenters. The molecule has 2 N–H and O–H groups in total. The summed E-state index contributed by atoms with van der Waals surface area (Å²) in [6, 6.07) is 9.45. The monoisotopic (exact) mass is 403 g/mol. The summed E-state index contributed by atoms with van der Waals surface area (Å²) >= 11 is 2.11. The molecule has 112 valence electrons. The van der Waals surface area contributed by atoms with Crippen molar-refractivity contribution in [2.45, 2.75) is 25.8 Å². The van der Waals surface area contributed by atoms with Crippen LogP contribution in [0.15, 0.2) is 36.4 Å². The molecule has 2 aromatic rings. The summed E-state index contributed by atoms with van der Waals surface area (Å²) < 4.78 is 34.3. The summed E-state index contributed by atoms with van der Waals surface area (Å²) in [5.74, 6) is -1.41. The van der Waals surface area contributed by atoms with Gasteiger partial charge in [0.15, 0.2) is 17.4 Å². The first-order valence-electron chi connectivity index (χ1n) is 6.66. The summed E-state index contributed by atoms with van der Waals surface area (Å²) in [5.41, 5.74) is 6.34. The molecule has 0 aliphatic carbocycles. The first kappa shape index (κ1) is 16.2. The predicted molar refractivity (Wildman–Crippen MR) is 87.6 cm³/mol. The fraction of sp³-hybridized carbons (Fsp3) is 0.250. The van der Waals surface area contributed by atoms with E-state index in [-0.39, 0.29) is 11.8 Å². The van der Waals surface area contributed by atoms with Crippen molar-refractivity contribution in [1.29, 1.82) is 0 Å². The van der Waals surface area contributed by atoms with E-state index < -0.39 is 11.6 Å². The van der Waals surface area contributed by atoms with E-state index in [9.17, 15) is 8.78 Å². The minimum absolute atomic E-state index is 0.105. The van der Waals surface area contributed by atoms with Crippen LogP contribution >= 0.6 is 22.6 Å². The number of ether oxygens (including phenoxy) is 1. The van der Waals surface area contributed by atoms with Gasteiger partial charge in [-0.05, 0) is 71.3 Å². The Balaban J connectivity index is 2.25. The molecule has 0 bridgehead atoms. The summed E-state index contributed by atoms with van der Waals surface area (Å²) in [4.78, 5) is 0. The predicted octanol–water partition coefficient (Wildman–Crippen LogP) is 4.64. The molecule has 0 saturated carbocycles. The lowest BCUT2D eigenvalue weighted by molar-refractivity contribution is 0.406. The van der Waals surface area contributed by atoms with Crippen molar-refractivity contribution in [3.05, 3.63) is 57.2 Å². The maximum Gasteiger partial charge on any atom is 0.198 e. The second-order valence-corrected chi connectivity index (χ2v) is 6.07. The maximum atomic E-state index is 14.0. The second-order valence-electron chi connectivity index (χ2n) is 4.82. The standard InChI is InChI=1S/C16H16F2INO/c1-2-12(20)6-10-7-14(17)16(15(18)8-10)21-13-5-3-4-11(19)9-13/h3-5,7-9,12H,2,6,20H2,1H3. The van der Waals surface area contributed by atoms with Gasteiger partial charge in [0.2, 0.25) is 0 Å². The van der Waals surface area contributed by atoms with Gasteiger partial charge in [0, 0.05) is 9.61 Å². The van der Waals surface area contributed by atoms with Gasteiger partial charge in [0.25, 0.3) is 0 Å². The third-order valence-electron chi connectivity index (χ3n) is 3.10. The minimum atomic E-state index is -0.716. The van der Waals surface area contributed by atoms with E-state index in [1.165, 1.54) is 12.1 Å². The Hall–Kier alpha value is -1.21. The van der Waals surface area contributed by atoms with Crippen molar-refractivity contribution in [3.63, 3.8) is 0 Å². The number of benzene rings is 2.